The van der Waals surface area contributed by atoms with Gasteiger partial charge in [0.2, 0.25) is 5.91 Å². The average Bonchev–Trinajstić information content (AvgIpc) is 3.32. The molecule has 2 aliphatic heterocycles. The second kappa shape index (κ2) is 7.32. The molecule has 5 nitrogen and oxygen atoms in total. The molecule has 0 saturated carbocycles. The highest BCUT2D eigenvalue weighted by Gasteiger charge is 2.44. The Morgan fingerprint density at radius 1 is 1.06 bits per heavy atom. The minimum absolute atomic E-state index is 0.0728. The highest BCUT2D eigenvalue weighted by molar-refractivity contribution is 5.95. The number of likely N-dealkylation sites (tertiary alicyclic amines) is 1. The van der Waals surface area contributed by atoms with Crippen molar-refractivity contribution in [3.8, 4) is 0 Å². The van der Waals surface area contributed by atoms with E-state index in [-0.39, 0.29) is 34.9 Å². The normalized spacial score (nSPS) is 21.5. The van der Waals surface area contributed by atoms with Crippen LogP contribution >= 0.6 is 0 Å². The zero-order valence-electron chi connectivity index (χ0n) is 16.5. The highest BCUT2D eigenvalue weighted by Crippen LogP contribution is 2.43. The van der Waals surface area contributed by atoms with Crippen molar-refractivity contribution < 1.29 is 31.5 Å². The van der Waals surface area contributed by atoms with Gasteiger partial charge in [-0.25, -0.2) is 26.7 Å². The van der Waals surface area contributed by atoms with Crippen molar-refractivity contribution in [3.63, 3.8) is 0 Å². The van der Waals surface area contributed by atoms with Gasteiger partial charge >= 0.3 is 6.03 Å². The Morgan fingerprint density at radius 2 is 1.78 bits per heavy atom. The molecule has 10 heteroatoms. The molecule has 2 aromatic rings. The minimum atomic E-state index is -1.10. The Bertz CT molecular complexity index is 1180. The second-order valence-electron chi connectivity index (χ2n) is 8.10. The maximum atomic E-state index is 14.3. The lowest BCUT2D eigenvalue weighted by Crippen LogP contribution is -2.48. The number of rotatable bonds is 3. The first kappa shape index (κ1) is 20.5. The summed E-state index contributed by atoms with van der Waals surface area (Å²) in [7, 11) is 0. The molecule has 2 bridgehead atoms. The molecule has 2 heterocycles. The highest BCUT2D eigenvalue weighted by atomic mass is 19.2. The molecule has 32 heavy (non-hydrogen) atoms. The monoisotopic (exact) mass is 449 g/mol. The number of amides is 3. The van der Waals surface area contributed by atoms with Crippen molar-refractivity contribution >= 4 is 23.2 Å². The van der Waals surface area contributed by atoms with Gasteiger partial charge < -0.3 is 15.1 Å². The molecule has 1 saturated heterocycles. The van der Waals surface area contributed by atoms with E-state index in [0.29, 0.717) is 25.1 Å². The summed E-state index contributed by atoms with van der Waals surface area (Å²) in [5.74, 6) is -5.96. The van der Waals surface area contributed by atoms with Crippen molar-refractivity contribution in [2.24, 2.45) is 5.92 Å². The van der Waals surface area contributed by atoms with Gasteiger partial charge in [-0.1, -0.05) is 6.08 Å². The van der Waals surface area contributed by atoms with E-state index < -0.39 is 53.6 Å². The molecule has 3 amide bonds. The molecule has 0 aromatic heterocycles. The summed E-state index contributed by atoms with van der Waals surface area (Å²) in [6.45, 7) is -0.430. The van der Waals surface area contributed by atoms with Gasteiger partial charge in [-0.3, -0.25) is 4.79 Å². The Labute approximate surface area is 179 Å². The van der Waals surface area contributed by atoms with Crippen LogP contribution in [0.3, 0.4) is 0 Å². The third kappa shape index (κ3) is 3.21. The van der Waals surface area contributed by atoms with Gasteiger partial charge in [0.25, 0.3) is 0 Å². The number of halogens is 5. The number of carbonyl (C=O) groups is 2. The molecule has 5 rings (SSSR count). The van der Waals surface area contributed by atoms with Gasteiger partial charge in [0, 0.05) is 24.2 Å². The van der Waals surface area contributed by atoms with E-state index in [9.17, 15) is 31.5 Å². The van der Waals surface area contributed by atoms with Crippen LogP contribution in [0.2, 0.25) is 0 Å². The molecule has 0 spiro atoms. The van der Waals surface area contributed by atoms with Crippen LogP contribution in [0.15, 0.2) is 30.3 Å². The number of fused-ring (bicyclic) bond motifs is 3. The number of urea groups is 1. The number of hydrogen-bond donors (Lipinski definition) is 1. The van der Waals surface area contributed by atoms with E-state index in [1.54, 1.807) is 6.08 Å². The smallest absolute Gasteiger partial charge is 0.322 e. The zero-order valence-corrected chi connectivity index (χ0v) is 16.5. The first-order valence-corrected chi connectivity index (χ1v) is 9.92. The van der Waals surface area contributed by atoms with Crippen molar-refractivity contribution in [1.29, 1.82) is 0 Å². The molecular weight excluding hydrogens is 433 g/mol. The summed E-state index contributed by atoms with van der Waals surface area (Å²) in [6.07, 6.45) is 2.13. The number of anilines is 1. The fraction of sp³-hybridized carbons (Fsp3) is 0.273. The second-order valence-corrected chi connectivity index (χ2v) is 8.10. The topological polar surface area (TPSA) is 52.7 Å². The Kier molecular flexibility index (Phi) is 4.68. The van der Waals surface area contributed by atoms with E-state index in [4.69, 9.17) is 0 Å². The predicted octanol–water partition coefficient (Wildman–Crippen LogP) is 4.04. The molecule has 3 aliphatic rings. The number of benzene rings is 2. The first-order chi connectivity index (χ1) is 15.2. The number of carbonyl (C=O) groups excluding carboxylic acids is 2. The van der Waals surface area contributed by atoms with Crippen molar-refractivity contribution in [3.05, 3.63) is 70.6 Å². The van der Waals surface area contributed by atoms with Crippen molar-refractivity contribution in [2.45, 2.75) is 19.0 Å². The summed E-state index contributed by atoms with van der Waals surface area (Å²) in [6, 6.07) is 2.04. The van der Waals surface area contributed by atoms with E-state index in [1.165, 1.54) is 11.0 Å². The fourth-order valence-corrected chi connectivity index (χ4v) is 4.70. The van der Waals surface area contributed by atoms with Gasteiger partial charge in [0.05, 0.1) is 23.8 Å². The van der Waals surface area contributed by atoms with Crippen LogP contribution in [0, 0.1) is 35.0 Å². The lowest BCUT2D eigenvalue weighted by Gasteiger charge is -2.33. The molecular formula is C22H16F5N3O2. The van der Waals surface area contributed by atoms with Gasteiger partial charge in [-0.2, -0.15) is 0 Å². The predicted molar refractivity (Wildman–Crippen MR) is 104 cm³/mol. The third-order valence-electron chi connectivity index (χ3n) is 6.12. The van der Waals surface area contributed by atoms with E-state index >= 15 is 0 Å². The Hall–Kier alpha value is -3.43. The maximum Gasteiger partial charge on any atom is 0.322 e. The van der Waals surface area contributed by atoms with E-state index in [1.807, 2.05) is 0 Å². The minimum Gasteiger partial charge on any atom is -0.333 e. The molecule has 2 aromatic carbocycles. The van der Waals surface area contributed by atoms with Gasteiger partial charge in [0.15, 0.2) is 11.6 Å². The summed E-state index contributed by atoms with van der Waals surface area (Å²) >= 11 is 0. The SMILES string of the molecule is O=C1Nc2ccc(F)c(F)c2CN1CC(=O)N1C[C@H]2C=C(c3c(F)cc(F)cc3F)[C@@H]1C2. The van der Waals surface area contributed by atoms with Crippen LogP contribution in [0.1, 0.15) is 17.5 Å². The van der Waals surface area contributed by atoms with Crippen LogP contribution < -0.4 is 5.32 Å². The molecule has 0 unspecified atom stereocenters. The zero-order chi connectivity index (χ0) is 22.7. The molecule has 166 valence electrons. The maximum absolute atomic E-state index is 14.3. The van der Waals surface area contributed by atoms with Gasteiger partial charge in [-0.05, 0) is 30.0 Å². The van der Waals surface area contributed by atoms with E-state index in [2.05, 4.69) is 5.32 Å². The van der Waals surface area contributed by atoms with Crippen LogP contribution in [-0.2, 0) is 11.3 Å². The molecule has 1 N–H and O–H groups in total. The fourth-order valence-electron chi connectivity index (χ4n) is 4.70. The summed E-state index contributed by atoms with van der Waals surface area (Å²) < 4.78 is 69.6. The van der Waals surface area contributed by atoms with E-state index in [0.717, 1.165) is 11.0 Å². The van der Waals surface area contributed by atoms with Crippen LogP contribution in [0.5, 0.6) is 0 Å². The number of nitrogens with one attached hydrogen (secondary N) is 1. The number of hydrogen-bond acceptors (Lipinski definition) is 2. The molecule has 2 atom stereocenters. The standard InChI is InChI=1S/C22H16F5N3O2/c23-11-5-15(25)20(16(26)6-11)12-3-10-4-18(12)30(7-10)19(31)9-29-8-13-17(28-22(29)32)2-1-14(24)21(13)27/h1-3,5-6,10,18H,4,7-9H2,(H,28,32)/t10-,18-/m0/s1. The summed E-state index contributed by atoms with van der Waals surface area (Å²) in [5.41, 5.74) is -0.0635. The van der Waals surface area contributed by atoms with Crippen molar-refractivity contribution in [2.75, 3.05) is 18.4 Å². The third-order valence-corrected chi connectivity index (χ3v) is 6.12. The molecule has 1 fully saturated rings. The lowest BCUT2D eigenvalue weighted by atomic mass is 9.98. The lowest BCUT2D eigenvalue weighted by molar-refractivity contribution is -0.132. The van der Waals surface area contributed by atoms with Crippen molar-refractivity contribution in [1.82, 2.24) is 9.80 Å². The molecule has 1 aliphatic carbocycles. The number of nitrogens with zero attached hydrogens (tertiary/aromatic N) is 2. The Morgan fingerprint density at radius 3 is 2.47 bits per heavy atom. The first-order valence-electron chi connectivity index (χ1n) is 9.92. The summed E-state index contributed by atoms with van der Waals surface area (Å²) in [5, 5.41) is 2.43. The average molecular weight is 449 g/mol. The van der Waals surface area contributed by atoms with Crippen LogP contribution in [-0.4, -0.2) is 40.9 Å². The quantitative estimate of drug-likeness (QED) is 0.720. The molecule has 0 radical (unpaired) electrons. The van der Waals surface area contributed by atoms with Gasteiger partial charge in [-0.15, -0.1) is 0 Å². The van der Waals surface area contributed by atoms with Gasteiger partial charge in [0.1, 0.15) is 24.0 Å². The summed E-state index contributed by atoms with van der Waals surface area (Å²) in [4.78, 5) is 27.8. The Balaban J connectivity index is 1.36. The van der Waals surface area contributed by atoms with Crippen LogP contribution in [0.4, 0.5) is 32.4 Å². The van der Waals surface area contributed by atoms with Crippen LogP contribution in [0.25, 0.3) is 5.57 Å². The largest absolute Gasteiger partial charge is 0.333 e.